The Morgan fingerprint density at radius 3 is 1.58 bits per heavy atom. The summed E-state index contributed by atoms with van der Waals surface area (Å²) < 4.78 is 28.5. The smallest absolute Gasteiger partial charge is 0.165 e. The van der Waals surface area contributed by atoms with Crippen LogP contribution in [0.3, 0.4) is 0 Å². The van der Waals surface area contributed by atoms with Crippen molar-refractivity contribution in [3.05, 3.63) is 192 Å². The summed E-state index contributed by atoms with van der Waals surface area (Å²) in [5.41, 5.74) is 9.02. The molecule has 8 aromatic rings. The maximum Gasteiger partial charge on any atom is 0.165 e. The van der Waals surface area contributed by atoms with Crippen molar-refractivity contribution in [3.63, 3.8) is 0 Å². The molecule has 0 bridgehead atoms. The second kappa shape index (κ2) is 37.8. The third-order valence-electron chi connectivity index (χ3n) is 15.0. The highest BCUT2D eigenvalue weighted by molar-refractivity contribution is 5.94. The van der Waals surface area contributed by atoms with E-state index in [1.54, 1.807) is 0 Å². The average molecular weight is 1240 g/mol. The van der Waals surface area contributed by atoms with Gasteiger partial charge in [0.25, 0.3) is 0 Å². The van der Waals surface area contributed by atoms with E-state index in [4.69, 9.17) is 23.7 Å². The highest BCUT2D eigenvalue weighted by Gasteiger charge is 2.32. The molecule has 11 rings (SSSR count). The van der Waals surface area contributed by atoms with Crippen LogP contribution in [-0.4, -0.2) is 105 Å². The van der Waals surface area contributed by atoms with Crippen LogP contribution in [0.15, 0.2) is 170 Å². The van der Waals surface area contributed by atoms with Gasteiger partial charge in [0.05, 0.1) is 24.4 Å². The number of aryl methyl sites for hydroxylation is 3. The van der Waals surface area contributed by atoms with Crippen LogP contribution >= 0.6 is 0 Å². The van der Waals surface area contributed by atoms with Gasteiger partial charge in [0.2, 0.25) is 0 Å². The Kier molecular flexibility index (Phi) is 30.9. The molecule has 2 N–H and O–H groups in total. The number of ether oxygens (including phenoxy) is 5. The molecular weight excluding hydrogens is 1120 g/mol. The SMILES string of the molecule is CC(C)Nc1ccc(N(C)C)cc1.CC(C)Nc1cccc2ccccc12.CC(C)Oc1ccc2c(c1)CCC2.CC(C)Oc1cccc2c1OC(C)(C)C2.CC(C)Oc1cccc2ccccc12.CCN1CCN(C(C)C)CC1.Cc1cccc(OC(C)C)c1. The van der Waals surface area contributed by atoms with Crippen LogP contribution in [0.2, 0.25) is 0 Å². The number of piperazine rings is 1. The van der Waals surface area contributed by atoms with Crippen molar-refractivity contribution in [3.8, 4) is 28.7 Å². The van der Waals surface area contributed by atoms with Gasteiger partial charge in [-0.3, -0.25) is 4.90 Å². The molecule has 10 nitrogen and oxygen atoms in total. The van der Waals surface area contributed by atoms with Crippen molar-refractivity contribution >= 4 is 38.6 Å². The summed E-state index contributed by atoms with van der Waals surface area (Å²) in [6.07, 6.45) is 5.68. The molecule has 3 aliphatic rings. The number of benzene rings is 8. The predicted octanol–water partition coefficient (Wildman–Crippen LogP) is 19.8. The molecule has 0 amide bonds. The van der Waals surface area contributed by atoms with E-state index in [0.29, 0.717) is 12.1 Å². The van der Waals surface area contributed by atoms with Gasteiger partial charge >= 0.3 is 0 Å². The van der Waals surface area contributed by atoms with E-state index in [1.807, 2.05) is 110 Å². The second-order valence-electron chi connectivity index (χ2n) is 26.7. The van der Waals surface area contributed by atoms with Gasteiger partial charge in [0.1, 0.15) is 22.8 Å². The van der Waals surface area contributed by atoms with Gasteiger partial charge in [-0.15, -0.1) is 0 Å². The molecule has 1 fully saturated rings. The van der Waals surface area contributed by atoms with E-state index in [1.165, 1.54) is 113 Å². The molecule has 0 spiro atoms. The fourth-order valence-electron chi connectivity index (χ4n) is 10.8. The van der Waals surface area contributed by atoms with Crippen molar-refractivity contribution in [1.82, 2.24) is 9.80 Å². The molecule has 0 radical (unpaired) electrons. The van der Waals surface area contributed by atoms with Crippen LogP contribution in [0, 0.1) is 6.92 Å². The molecule has 494 valence electrons. The van der Waals surface area contributed by atoms with E-state index >= 15 is 0 Å². The zero-order valence-corrected chi connectivity index (χ0v) is 59.5. The quantitative estimate of drug-likeness (QED) is 0.104. The number of anilines is 3. The van der Waals surface area contributed by atoms with Crippen LogP contribution < -0.4 is 39.2 Å². The number of para-hydroxylation sites is 1. The lowest BCUT2D eigenvalue weighted by atomic mass is 10.0. The van der Waals surface area contributed by atoms with Gasteiger partial charge in [0.15, 0.2) is 11.5 Å². The van der Waals surface area contributed by atoms with Crippen molar-refractivity contribution < 1.29 is 23.7 Å². The number of nitrogens with one attached hydrogen (secondary N) is 2. The molecule has 0 saturated carbocycles. The Balaban J connectivity index is 0.000000193. The van der Waals surface area contributed by atoms with E-state index in [2.05, 4.69) is 224 Å². The summed E-state index contributed by atoms with van der Waals surface area (Å²) in [4.78, 5) is 7.16. The Labute approximate surface area is 551 Å². The third-order valence-corrected chi connectivity index (χ3v) is 15.0. The topological polar surface area (TPSA) is 79.9 Å². The monoisotopic (exact) mass is 1240 g/mol. The number of hydrogen-bond donors (Lipinski definition) is 2. The first-order chi connectivity index (χ1) is 43.3. The Morgan fingerprint density at radius 2 is 1.01 bits per heavy atom. The lowest BCUT2D eigenvalue weighted by molar-refractivity contribution is 0.112. The normalized spacial score (nSPS) is 13.7. The van der Waals surface area contributed by atoms with Crippen LogP contribution in [0.25, 0.3) is 21.5 Å². The van der Waals surface area contributed by atoms with E-state index < -0.39 is 0 Å². The summed E-state index contributed by atoms with van der Waals surface area (Å²) in [6, 6.07) is 60.0. The molecule has 0 aromatic heterocycles. The molecule has 2 heterocycles. The van der Waals surface area contributed by atoms with Crippen molar-refractivity contribution in [2.75, 3.05) is 62.4 Å². The maximum atomic E-state index is 5.90. The van der Waals surface area contributed by atoms with E-state index in [0.717, 1.165) is 41.2 Å². The minimum Gasteiger partial charge on any atom is -0.491 e. The van der Waals surface area contributed by atoms with Gasteiger partial charge < -0.3 is 44.1 Å². The molecular formula is C81H115N5O5. The number of likely N-dealkylation sites (N-methyl/N-ethyl adjacent to an activating group) is 1. The second-order valence-corrected chi connectivity index (χ2v) is 26.7. The zero-order valence-electron chi connectivity index (χ0n) is 59.5. The fourth-order valence-corrected chi connectivity index (χ4v) is 10.8. The van der Waals surface area contributed by atoms with Crippen LogP contribution in [0.4, 0.5) is 17.1 Å². The molecule has 10 heteroatoms. The van der Waals surface area contributed by atoms with E-state index in [9.17, 15) is 0 Å². The van der Waals surface area contributed by atoms with Crippen molar-refractivity contribution in [2.45, 2.75) is 198 Å². The highest BCUT2D eigenvalue weighted by Crippen LogP contribution is 2.42. The molecule has 91 heavy (non-hydrogen) atoms. The summed E-state index contributed by atoms with van der Waals surface area (Å²) in [6.45, 7) is 44.2. The number of rotatable bonds is 15. The third kappa shape index (κ3) is 26.8. The molecule has 1 saturated heterocycles. The lowest BCUT2D eigenvalue weighted by Gasteiger charge is -2.36. The van der Waals surface area contributed by atoms with Gasteiger partial charge in [0, 0.05) is 98.2 Å². The average Bonchev–Trinajstić information content (AvgIpc) is 1.83. The van der Waals surface area contributed by atoms with Crippen LogP contribution in [-0.2, 0) is 19.3 Å². The largest absolute Gasteiger partial charge is 0.491 e. The minimum absolute atomic E-state index is 0.0984. The molecule has 1 aliphatic carbocycles. The summed E-state index contributed by atoms with van der Waals surface area (Å²) in [7, 11) is 4.09. The van der Waals surface area contributed by atoms with Crippen LogP contribution in [0.5, 0.6) is 28.7 Å². The van der Waals surface area contributed by atoms with Gasteiger partial charge in [-0.2, -0.15) is 0 Å². The zero-order chi connectivity index (χ0) is 66.6. The minimum atomic E-state index is -0.0984. The Hall–Kier alpha value is -7.40. The lowest BCUT2D eigenvalue weighted by Crippen LogP contribution is -2.48. The molecule has 2 aliphatic heterocycles. The van der Waals surface area contributed by atoms with E-state index in [-0.39, 0.29) is 30.0 Å². The van der Waals surface area contributed by atoms with Gasteiger partial charge in [-0.1, -0.05) is 110 Å². The number of hydrogen-bond acceptors (Lipinski definition) is 10. The molecule has 0 atom stereocenters. The first-order valence-corrected chi connectivity index (χ1v) is 33.7. The van der Waals surface area contributed by atoms with Crippen molar-refractivity contribution in [2.24, 2.45) is 0 Å². The number of fused-ring (bicyclic) bond motifs is 4. The van der Waals surface area contributed by atoms with Crippen LogP contribution in [0.1, 0.15) is 146 Å². The number of nitrogens with zero attached hydrogens (tertiary/aromatic N) is 3. The predicted molar refractivity (Wildman–Crippen MR) is 393 cm³/mol. The Bertz CT molecular complexity index is 3250. The first-order valence-electron chi connectivity index (χ1n) is 33.7. The molecule has 0 unspecified atom stereocenters. The maximum absolute atomic E-state index is 5.90. The van der Waals surface area contributed by atoms with Crippen molar-refractivity contribution in [1.29, 1.82) is 0 Å². The summed E-state index contributed by atoms with van der Waals surface area (Å²) >= 11 is 0. The highest BCUT2D eigenvalue weighted by atomic mass is 16.5. The standard InChI is InChI=1S/C13H15N.C13H18O2.C13H14O.C12H16O.C11H18N2.C10H14O.C9H20N2/c1-10(2)14-13-9-5-7-11-6-3-4-8-12(11)13;1-9(2)14-11-7-5-6-10-8-13(3,4)15-12(10)11;1-10(2)14-13-9-5-7-11-6-3-4-8-12(11)13;1-9(2)13-12-7-6-10-4-3-5-11(10)8-12;1-9(2)12-10-5-7-11(8-6-10)13(3)4;1-8(2)11-10-6-4-5-9(3)7-10;1-4-10-5-7-11(8-6-10)9(2)3/h3-10,14H,1-2H3;5-7,9H,8H2,1-4H3;3-10H,1-2H3;6-9H,3-5H2,1-2H3;5-9,12H,1-4H3;4-8H,1-3H3;9H,4-8H2,1-3H3. The molecule has 8 aromatic carbocycles. The fraction of sp³-hybridized carbons (Fsp3) is 0.457. The summed E-state index contributed by atoms with van der Waals surface area (Å²) in [5, 5.41) is 11.8. The van der Waals surface area contributed by atoms with Gasteiger partial charge in [-0.05, 0) is 238 Å². The summed E-state index contributed by atoms with van der Waals surface area (Å²) in [5.74, 6) is 4.75. The van der Waals surface area contributed by atoms with Gasteiger partial charge in [-0.25, -0.2) is 0 Å². The first kappa shape index (κ1) is 74.3. The Morgan fingerprint density at radius 1 is 0.495 bits per heavy atom.